The molecule has 1 fully saturated rings. The van der Waals surface area contributed by atoms with Gasteiger partial charge in [0.05, 0.1) is 17.4 Å². The van der Waals surface area contributed by atoms with Gasteiger partial charge >= 0.3 is 0 Å². The average Bonchev–Trinajstić information content (AvgIpc) is 3.28. The molecule has 5 heterocycles. The first-order chi connectivity index (χ1) is 16.3. The Kier molecular flexibility index (Phi) is 5.66. The molecule has 4 aromatic rings. The number of hydrogen-bond donors (Lipinski definition) is 0. The average molecular weight is 478 g/mol. The summed E-state index contributed by atoms with van der Waals surface area (Å²) >= 11 is 0. The van der Waals surface area contributed by atoms with Gasteiger partial charge in [-0.1, -0.05) is 12.8 Å². The maximum absolute atomic E-state index is 14.5. The molecule has 1 saturated heterocycles. The van der Waals surface area contributed by atoms with E-state index in [-0.39, 0.29) is 39.5 Å². The lowest BCUT2D eigenvalue weighted by Crippen LogP contribution is -2.32. The second-order valence-electron chi connectivity index (χ2n) is 8.14. The lowest BCUT2D eigenvalue weighted by atomic mass is 10.2. The molecule has 178 valence electrons. The third-order valence-corrected chi connectivity index (χ3v) is 5.92. The van der Waals surface area contributed by atoms with Crippen LogP contribution in [-0.2, 0) is 0 Å². The fraction of sp³-hybridized carbons (Fsp3) is 0.364. The van der Waals surface area contributed by atoms with Gasteiger partial charge < -0.3 is 4.90 Å². The Hall–Kier alpha value is -3.57. The van der Waals surface area contributed by atoms with Crippen LogP contribution in [0.3, 0.4) is 0 Å². The van der Waals surface area contributed by atoms with Crippen LogP contribution in [0, 0.1) is 11.6 Å². The Morgan fingerprint density at radius 3 is 2.41 bits per heavy atom. The van der Waals surface area contributed by atoms with Crippen molar-refractivity contribution in [3.8, 4) is 11.4 Å². The van der Waals surface area contributed by atoms with Crippen molar-refractivity contribution < 1.29 is 26.7 Å². The van der Waals surface area contributed by atoms with Crippen molar-refractivity contribution in [2.24, 2.45) is 0 Å². The maximum Gasteiger partial charge on any atom is 0.289 e. The van der Waals surface area contributed by atoms with Crippen LogP contribution in [0.5, 0.6) is 0 Å². The Morgan fingerprint density at radius 1 is 0.971 bits per heavy atom. The number of pyridine rings is 2. The quantitative estimate of drug-likeness (QED) is 0.396. The van der Waals surface area contributed by atoms with Gasteiger partial charge in [-0.25, -0.2) is 31.6 Å². The smallest absolute Gasteiger partial charge is 0.289 e. The van der Waals surface area contributed by atoms with Gasteiger partial charge in [0.25, 0.3) is 18.6 Å². The summed E-state index contributed by atoms with van der Waals surface area (Å²) in [6.07, 6.45) is 0.845. The molecule has 1 aliphatic heterocycles. The highest BCUT2D eigenvalue weighted by atomic mass is 19.3. The van der Waals surface area contributed by atoms with Crippen LogP contribution < -0.4 is 0 Å². The van der Waals surface area contributed by atoms with E-state index in [2.05, 4.69) is 15.1 Å². The van der Waals surface area contributed by atoms with E-state index in [4.69, 9.17) is 0 Å². The lowest BCUT2D eigenvalue weighted by molar-refractivity contribution is 0.00356. The molecule has 0 aromatic carbocycles. The molecule has 0 aliphatic carbocycles. The van der Waals surface area contributed by atoms with E-state index in [1.54, 1.807) is 4.90 Å². The summed E-state index contributed by atoms with van der Waals surface area (Å²) in [5, 5.41) is 4.11. The Morgan fingerprint density at radius 2 is 1.71 bits per heavy atom. The molecule has 0 saturated carbocycles. The zero-order chi connectivity index (χ0) is 24.0. The minimum Gasteiger partial charge on any atom is -0.337 e. The summed E-state index contributed by atoms with van der Waals surface area (Å²) in [6, 6.07) is 1.87. The van der Waals surface area contributed by atoms with Gasteiger partial charge in [0.2, 0.25) is 0 Å². The number of hydrogen-bond acceptors (Lipinski definition) is 4. The Bertz CT molecular complexity index is 1380. The van der Waals surface area contributed by atoms with Crippen LogP contribution in [-0.4, -0.2) is 54.5 Å². The van der Waals surface area contributed by atoms with Gasteiger partial charge in [0.1, 0.15) is 17.2 Å². The first-order valence-electron chi connectivity index (χ1n) is 10.8. The third kappa shape index (κ3) is 3.76. The van der Waals surface area contributed by atoms with Crippen LogP contribution in [0.2, 0.25) is 0 Å². The molecule has 5 rings (SSSR count). The highest BCUT2D eigenvalue weighted by molar-refractivity contribution is 5.99. The number of rotatable bonds is 4. The van der Waals surface area contributed by atoms with Crippen molar-refractivity contribution in [3.63, 3.8) is 0 Å². The molecular weight excluding hydrogens is 459 g/mol. The van der Waals surface area contributed by atoms with E-state index >= 15 is 0 Å². The van der Waals surface area contributed by atoms with Gasteiger partial charge in [-0.15, -0.1) is 0 Å². The number of nitrogens with zero attached hydrogens (tertiary/aromatic N) is 6. The number of likely N-dealkylation sites (tertiary alicyclic amines) is 1. The van der Waals surface area contributed by atoms with E-state index in [0.29, 0.717) is 23.8 Å². The Balaban J connectivity index is 1.66. The van der Waals surface area contributed by atoms with E-state index in [1.807, 2.05) is 0 Å². The monoisotopic (exact) mass is 478 g/mol. The largest absolute Gasteiger partial charge is 0.337 e. The van der Waals surface area contributed by atoms with Crippen LogP contribution >= 0.6 is 0 Å². The van der Waals surface area contributed by atoms with E-state index in [9.17, 15) is 26.7 Å². The SMILES string of the molecule is O=C(c1cc2c(cn1)c(-c1cnc3c(F)cc(F)cn13)nn2C(F)C(F)F)N1CCCCCC1. The molecule has 1 amide bonds. The number of alkyl halides is 3. The maximum atomic E-state index is 14.5. The summed E-state index contributed by atoms with van der Waals surface area (Å²) in [5.74, 6) is -2.22. The van der Waals surface area contributed by atoms with Gasteiger partial charge in [0, 0.05) is 36.9 Å². The van der Waals surface area contributed by atoms with Crippen LogP contribution in [0.15, 0.2) is 30.7 Å². The first-order valence-corrected chi connectivity index (χ1v) is 10.8. The Labute approximate surface area is 189 Å². The molecule has 0 N–H and O–H groups in total. The zero-order valence-electron chi connectivity index (χ0n) is 17.8. The second-order valence-corrected chi connectivity index (χ2v) is 8.14. The first kappa shape index (κ1) is 22.2. The van der Waals surface area contributed by atoms with E-state index in [0.717, 1.165) is 36.3 Å². The van der Waals surface area contributed by atoms with Crippen LogP contribution in [0.1, 0.15) is 42.5 Å². The fourth-order valence-corrected chi connectivity index (χ4v) is 4.26. The number of carbonyl (C=O) groups is 1. The molecule has 0 radical (unpaired) electrons. The normalized spacial score (nSPS) is 15.9. The summed E-state index contributed by atoms with van der Waals surface area (Å²) in [6.45, 7) is 1.09. The zero-order valence-corrected chi connectivity index (χ0v) is 17.8. The highest BCUT2D eigenvalue weighted by Gasteiger charge is 2.29. The van der Waals surface area contributed by atoms with Crippen molar-refractivity contribution in [1.29, 1.82) is 0 Å². The van der Waals surface area contributed by atoms with Gasteiger partial charge in [-0.05, 0) is 18.9 Å². The minimum absolute atomic E-state index is 0.0289. The summed E-state index contributed by atoms with van der Waals surface area (Å²) in [7, 11) is 0. The predicted octanol–water partition coefficient (Wildman–Crippen LogP) is 4.77. The van der Waals surface area contributed by atoms with Crippen LogP contribution in [0.4, 0.5) is 22.0 Å². The number of fused-ring (bicyclic) bond motifs is 2. The molecule has 1 aliphatic rings. The topological polar surface area (TPSA) is 68.3 Å². The molecule has 0 bridgehead atoms. The molecule has 1 atom stereocenters. The standard InChI is InChI=1S/C22H19F5N6O/c23-12-7-14(24)21-29-10-17(32(21)11-12)18-13-9-28-15(22(34)31-5-3-1-2-4-6-31)8-16(13)33(30-18)20(27)19(25)26/h7-11,19-20H,1-6H2. The van der Waals surface area contributed by atoms with Crippen molar-refractivity contribution in [3.05, 3.63) is 48.1 Å². The highest BCUT2D eigenvalue weighted by Crippen LogP contribution is 2.33. The van der Waals surface area contributed by atoms with E-state index < -0.39 is 24.4 Å². The lowest BCUT2D eigenvalue weighted by Gasteiger charge is -2.19. The van der Waals surface area contributed by atoms with Crippen molar-refractivity contribution in [2.45, 2.75) is 38.4 Å². The molecule has 12 heteroatoms. The molecule has 7 nitrogen and oxygen atoms in total. The molecule has 34 heavy (non-hydrogen) atoms. The number of amides is 1. The van der Waals surface area contributed by atoms with Crippen molar-refractivity contribution in [2.75, 3.05) is 13.1 Å². The van der Waals surface area contributed by atoms with Gasteiger partial charge in [-0.3, -0.25) is 14.2 Å². The number of imidazole rings is 1. The van der Waals surface area contributed by atoms with Crippen LogP contribution in [0.25, 0.3) is 27.9 Å². The van der Waals surface area contributed by atoms with Gasteiger partial charge in [0.15, 0.2) is 11.5 Å². The van der Waals surface area contributed by atoms with Crippen molar-refractivity contribution in [1.82, 2.24) is 29.0 Å². The van der Waals surface area contributed by atoms with E-state index in [1.165, 1.54) is 18.5 Å². The molecule has 0 spiro atoms. The van der Waals surface area contributed by atoms with Gasteiger partial charge in [-0.2, -0.15) is 5.10 Å². The molecular formula is C22H19F5N6O. The number of aromatic nitrogens is 5. The fourth-order valence-electron chi connectivity index (χ4n) is 4.26. The summed E-state index contributed by atoms with van der Waals surface area (Å²) < 4.78 is 70.6. The van der Waals surface area contributed by atoms with Crippen molar-refractivity contribution >= 4 is 22.5 Å². The molecule has 4 aromatic heterocycles. The minimum atomic E-state index is -3.40. The predicted molar refractivity (Wildman–Crippen MR) is 112 cm³/mol. The summed E-state index contributed by atoms with van der Waals surface area (Å²) in [5.41, 5.74) is -0.351. The third-order valence-electron chi connectivity index (χ3n) is 5.92. The number of halogens is 5. The summed E-state index contributed by atoms with van der Waals surface area (Å²) in [4.78, 5) is 22.7. The molecule has 1 unspecified atom stereocenters. The number of carbonyl (C=O) groups excluding carboxylic acids is 1. The second kappa shape index (κ2) is 8.65.